The van der Waals surface area contributed by atoms with E-state index in [9.17, 15) is 9.18 Å². The second kappa shape index (κ2) is 8.36. The molecule has 3 aliphatic heterocycles. The van der Waals surface area contributed by atoms with Crippen LogP contribution < -0.4 is 9.47 Å². The lowest BCUT2D eigenvalue weighted by Crippen LogP contribution is -2.51. The van der Waals surface area contributed by atoms with Crippen LogP contribution in [0.25, 0.3) is 0 Å². The summed E-state index contributed by atoms with van der Waals surface area (Å²) in [6.07, 6.45) is -0.539. The number of halogens is 2. The van der Waals surface area contributed by atoms with Crippen LogP contribution in [0.2, 0.25) is 5.02 Å². The first kappa shape index (κ1) is 20.1. The van der Waals surface area contributed by atoms with Gasteiger partial charge in [-0.05, 0) is 29.8 Å². The quantitative estimate of drug-likeness (QED) is 0.723. The third kappa shape index (κ3) is 4.05. The SMILES string of the molecule is O=C(C1CC(c2c(F)cccc2Cl)=NO1)N1CCN(Cc2ccc3c(c2)OCO3)CC1. The van der Waals surface area contributed by atoms with Crippen LogP contribution in [0, 0.1) is 5.82 Å². The van der Waals surface area contributed by atoms with E-state index in [1.165, 1.54) is 12.1 Å². The fourth-order valence-electron chi connectivity index (χ4n) is 4.06. The smallest absolute Gasteiger partial charge is 0.266 e. The minimum atomic E-state index is -0.744. The molecule has 1 saturated heterocycles. The van der Waals surface area contributed by atoms with Crippen molar-refractivity contribution in [3.63, 3.8) is 0 Å². The molecule has 1 unspecified atom stereocenters. The number of oxime groups is 1. The van der Waals surface area contributed by atoms with Gasteiger partial charge in [0, 0.05) is 39.1 Å². The average molecular weight is 446 g/mol. The molecular formula is C22H21ClFN3O4. The average Bonchev–Trinajstić information content (AvgIpc) is 3.43. The van der Waals surface area contributed by atoms with E-state index in [-0.39, 0.29) is 29.7 Å². The molecule has 1 fully saturated rings. The first-order valence-electron chi connectivity index (χ1n) is 10.2. The molecule has 31 heavy (non-hydrogen) atoms. The summed E-state index contributed by atoms with van der Waals surface area (Å²) in [6, 6.07) is 10.4. The number of hydrogen-bond donors (Lipinski definition) is 0. The summed E-state index contributed by atoms with van der Waals surface area (Å²) in [6.45, 7) is 3.73. The Morgan fingerprint density at radius 3 is 2.74 bits per heavy atom. The number of ether oxygens (including phenoxy) is 2. The van der Waals surface area contributed by atoms with Gasteiger partial charge in [-0.25, -0.2) is 4.39 Å². The fourth-order valence-corrected chi connectivity index (χ4v) is 4.33. The predicted octanol–water partition coefficient (Wildman–Crippen LogP) is 3.05. The standard InChI is InChI=1S/C22H21ClFN3O4/c23-15-2-1-3-16(24)21(15)17-11-20(31-25-17)22(28)27-8-6-26(7-9-27)12-14-4-5-18-19(10-14)30-13-29-18/h1-5,10,20H,6-9,11-13H2. The molecule has 0 aliphatic carbocycles. The largest absolute Gasteiger partial charge is 0.454 e. The minimum Gasteiger partial charge on any atom is -0.454 e. The van der Waals surface area contributed by atoms with Crippen molar-refractivity contribution in [1.29, 1.82) is 0 Å². The molecule has 162 valence electrons. The van der Waals surface area contributed by atoms with Crippen LogP contribution in [0.3, 0.4) is 0 Å². The van der Waals surface area contributed by atoms with Crippen molar-refractivity contribution in [2.24, 2.45) is 5.16 Å². The van der Waals surface area contributed by atoms with Gasteiger partial charge in [0.1, 0.15) is 5.82 Å². The van der Waals surface area contributed by atoms with Crippen LogP contribution in [-0.2, 0) is 16.2 Å². The highest BCUT2D eigenvalue weighted by atomic mass is 35.5. The molecule has 0 bridgehead atoms. The van der Waals surface area contributed by atoms with E-state index in [0.29, 0.717) is 18.8 Å². The summed E-state index contributed by atoms with van der Waals surface area (Å²) >= 11 is 6.11. The Morgan fingerprint density at radius 1 is 1.13 bits per heavy atom. The lowest BCUT2D eigenvalue weighted by molar-refractivity contribution is -0.143. The highest BCUT2D eigenvalue weighted by Crippen LogP contribution is 2.33. The number of carbonyl (C=O) groups excluding carboxylic acids is 1. The van der Waals surface area contributed by atoms with Gasteiger partial charge in [-0.1, -0.05) is 28.9 Å². The van der Waals surface area contributed by atoms with E-state index >= 15 is 0 Å². The second-order valence-corrected chi connectivity index (χ2v) is 8.13. The van der Waals surface area contributed by atoms with Crippen molar-refractivity contribution >= 4 is 23.2 Å². The molecule has 7 nitrogen and oxygen atoms in total. The second-order valence-electron chi connectivity index (χ2n) is 7.72. The van der Waals surface area contributed by atoms with E-state index in [1.807, 2.05) is 18.2 Å². The molecule has 0 aromatic heterocycles. The molecule has 0 N–H and O–H groups in total. The van der Waals surface area contributed by atoms with E-state index in [4.69, 9.17) is 25.9 Å². The Bertz CT molecular complexity index is 1020. The third-order valence-corrected chi connectivity index (χ3v) is 6.04. The van der Waals surface area contributed by atoms with Gasteiger partial charge in [0.15, 0.2) is 11.5 Å². The zero-order valence-electron chi connectivity index (χ0n) is 16.7. The summed E-state index contributed by atoms with van der Waals surface area (Å²) in [7, 11) is 0. The summed E-state index contributed by atoms with van der Waals surface area (Å²) in [5.74, 6) is 0.943. The van der Waals surface area contributed by atoms with Crippen molar-refractivity contribution in [2.45, 2.75) is 19.1 Å². The van der Waals surface area contributed by atoms with Crippen LogP contribution in [0.5, 0.6) is 11.5 Å². The van der Waals surface area contributed by atoms with Crippen LogP contribution in [-0.4, -0.2) is 60.5 Å². The van der Waals surface area contributed by atoms with Gasteiger partial charge in [-0.15, -0.1) is 0 Å². The Morgan fingerprint density at radius 2 is 1.94 bits per heavy atom. The molecule has 1 amide bonds. The van der Waals surface area contributed by atoms with Crippen LogP contribution in [0.1, 0.15) is 17.5 Å². The van der Waals surface area contributed by atoms with E-state index < -0.39 is 11.9 Å². The molecule has 9 heteroatoms. The van der Waals surface area contributed by atoms with E-state index in [2.05, 4.69) is 10.1 Å². The number of carbonyl (C=O) groups is 1. The number of rotatable bonds is 4. The van der Waals surface area contributed by atoms with Gasteiger partial charge in [0.25, 0.3) is 5.91 Å². The number of fused-ring (bicyclic) bond motifs is 1. The number of piperazine rings is 1. The monoisotopic (exact) mass is 445 g/mol. The lowest BCUT2D eigenvalue weighted by Gasteiger charge is -2.35. The highest BCUT2D eigenvalue weighted by molar-refractivity contribution is 6.34. The molecule has 3 heterocycles. The minimum absolute atomic E-state index is 0.131. The third-order valence-electron chi connectivity index (χ3n) is 5.72. The van der Waals surface area contributed by atoms with Crippen molar-refractivity contribution in [1.82, 2.24) is 9.80 Å². The Balaban J connectivity index is 1.15. The van der Waals surface area contributed by atoms with E-state index in [1.54, 1.807) is 11.0 Å². The lowest BCUT2D eigenvalue weighted by atomic mass is 10.0. The Hall–Kier alpha value is -2.84. The first-order valence-corrected chi connectivity index (χ1v) is 10.5. The van der Waals surface area contributed by atoms with Crippen LogP contribution in [0.15, 0.2) is 41.6 Å². The molecule has 0 saturated carbocycles. The van der Waals surface area contributed by atoms with Crippen molar-refractivity contribution < 1.29 is 23.5 Å². The van der Waals surface area contributed by atoms with Gasteiger partial charge >= 0.3 is 0 Å². The van der Waals surface area contributed by atoms with Gasteiger partial charge in [0.05, 0.1) is 16.3 Å². The summed E-state index contributed by atoms with van der Waals surface area (Å²) in [5.41, 5.74) is 1.71. The maximum Gasteiger partial charge on any atom is 0.266 e. The summed E-state index contributed by atoms with van der Waals surface area (Å²) in [4.78, 5) is 22.3. The first-order chi connectivity index (χ1) is 15.1. The number of nitrogens with zero attached hydrogens (tertiary/aromatic N) is 3. The number of benzene rings is 2. The molecule has 3 aliphatic rings. The zero-order valence-corrected chi connectivity index (χ0v) is 17.5. The molecule has 0 spiro atoms. The Kier molecular flexibility index (Phi) is 5.41. The maximum atomic E-state index is 14.1. The van der Waals surface area contributed by atoms with Crippen molar-refractivity contribution in [3.05, 3.63) is 58.4 Å². The summed E-state index contributed by atoms with van der Waals surface area (Å²) in [5, 5.41) is 4.19. The van der Waals surface area contributed by atoms with Gasteiger partial charge < -0.3 is 19.2 Å². The Labute approximate surface area is 183 Å². The summed E-state index contributed by atoms with van der Waals surface area (Å²) < 4.78 is 24.9. The maximum absolute atomic E-state index is 14.1. The fraction of sp³-hybridized carbons (Fsp3) is 0.364. The molecule has 5 rings (SSSR count). The molecule has 0 radical (unpaired) electrons. The number of amides is 1. The van der Waals surface area contributed by atoms with Crippen LogP contribution in [0.4, 0.5) is 4.39 Å². The predicted molar refractivity (Wildman–Crippen MR) is 112 cm³/mol. The van der Waals surface area contributed by atoms with Crippen LogP contribution >= 0.6 is 11.6 Å². The normalized spacial score (nSPS) is 20.5. The van der Waals surface area contributed by atoms with E-state index in [0.717, 1.165) is 36.7 Å². The molecule has 2 aromatic carbocycles. The van der Waals surface area contributed by atoms with Crippen molar-refractivity contribution in [3.8, 4) is 11.5 Å². The van der Waals surface area contributed by atoms with Gasteiger partial charge in [0.2, 0.25) is 12.9 Å². The molecule has 1 atom stereocenters. The van der Waals surface area contributed by atoms with Gasteiger partial charge in [-0.2, -0.15) is 0 Å². The van der Waals surface area contributed by atoms with Gasteiger partial charge in [-0.3, -0.25) is 9.69 Å². The highest BCUT2D eigenvalue weighted by Gasteiger charge is 2.35. The zero-order chi connectivity index (χ0) is 21.4. The molecular weight excluding hydrogens is 425 g/mol. The molecule has 2 aromatic rings. The van der Waals surface area contributed by atoms with Crippen molar-refractivity contribution in [2.75, 3.05) is 33.0 Å². The topological polar surface area (TPSA) is 63.6 Å². The number of hydrogen-bond acceptors (Lipinski definition) is 6.